The first-order chi connectivity index (χ1) is 7.53. The smallest absolute Gasteiger partial charge is 0.387 e. The predicted molar refractivity (Wildman–Crippen MR) is 49.6 cm³/mol. The van der Waals surface area contributed by atoms with Gasteiger partial charge in [0, 0.05) is 9.75 Å². The molecule has 1 nitrogen and oxygen atoms in total. The van der Waals surface area contributed by atoms with E-state index in [2.05, 4.69) is 0 Å². The third kappa shape index (κ3) is 3.35. The van der Waals surface area contributed by atoms with Crippen LogP contribution in [0.4, 0.5) is 26.3 Å². The molecule has 0 aliphatic heterocycles. The summed E-state index contributed by atoms with van der Waals surface area (Å²) in [5.74, 6) is -3.76. The van der Waals surface area contributed by atoms with Crippen molar-refractivity contribution in [2.24, 2.45) is 5.92 Å². The highest BCUT2D eigenvalue weighted by Gasteiger charge is 2.60. The van der Waals surface area contributed by atoms with Gasteiger partial charge in [-0.05, 0) is 19.1 Å². The molecule has 1 aromatic heterocycles. The number of hydrogen-bond acceptors (Lipinski definition) is 2. The van der Waals surface area contributed by atoms with Gasteiger partial charge >= 0.3 is 12.4 Å². The van der Waals surface area contributed by atoms with E-state index in [1.54, 1.807) is 0 Å². The van der Waals surface area contributed by atoms with Crippen LogP contribution in [0.3, 0.4) is 0 Å². The molecule has 0 radical (unpaired) electrons. The number of thiophene rings is 1. The standard InChI is InChI=1S/C9H8F6OS/c1-4-2-3-5(17-4)6(16)7(8(10,11)12)9(13,14)15/h2-3,6-7,16H,1H3. The second-order valence-corrected chi connectivity index (χ2v) is 4.77. The molecule has 0 fully saturated rings. The molecule has 0 aliphatic rings. The fourth-order valence-corrected chi connectivity index (χ4v) is 2.22. The molecule has 0 saturated heterocycles. The summed E-state index contributed by atoms with van der Waals surface area (Å²) in [6.07, 6.45) is -13.7. The lowest BCUT2D eigenvalue weighted by atomic mass is 10.00. The van der Waals surface area contributed by atoms with Gasteiger partial charge in [0.05, 0.1) is 0 Å². The molecular weight excluding hydrogens is 270 g/mol. The normalized spacial score (nSPS) is 15.4. The second-order valence-electron chi connectivity index (χ2n) is 3.45. The Bertz CT molecular complexity index is 366. The number of aliphatic hydroxyl groups is 1. The lowest BCUT2D eigenvalue weighted by Gasteiger charge is -2.26. The van der Waals surface area contributed by atoms with E-state index in [-0.39, 0.29) is 4.88 Å². The second kappa shape index (κ2) is 4.49. The summed E-state index contributed by atoms with van der Waals surface area (Å²) >= 11 is 0.706. The minimum absolute atomic E-state index is 0.345. The third-order valence-electron chi connectivity index (χ3n) is 2.07. The fraction of sp³-hybridized carbons (Fsp3) is 0.556. The van der Waals surface area contributed by atoms with E-state index in [9.17, 15) is 31.4 Å². The summed E-state index contributed by atoms with van der Waals surface area (Å²) in [5, 5.41) is 9.24. The van der Waals surface area contributed by atoms with E-state index in [4.69, 9.17) is 0 Å². The quantitative estimate of drug-likeness (QED) is 0.815. The van der Waals surface area contributed by atoms with E-state index >= 15 is 0 Å². The SMILES string of the molecule is Cc1ccc(C(O)C(C(F)(F)F)C(F)(F)F)s1. The summed E-state index contributed by atoms with van der Waals surface area (Å²) in [6, 6.07) is 2.42. The average Bonchev–Trinajstić information content (AvgIpc) is 2.45. The van der Waals surface area contributed by atoms with Crippen LogP contribution in [0.25, 0.3) is 0 Å². The Morgan fingerprint density at radius 2 is 1.53 bits per heavy atom. The molecule has 0 aliphatic carbocycles. The van der Waals surface area contributed by atoms with E-state index in [1.807, 2.05) is 0 Å². The first kappa shape index (κ1) is 14.3. The maximum absolute atomic E-state index is 12.3. The van der Waals surface area contributed by atoms with Crippen molar-refractivity contribution >= 4 is 11.3 Å². The highest BCUT2D eigenvalue weighted by molar-refractivity contribution is 7.12. The zero-order chi connectivity index (χ0) is 13.4. The molecule has 0 aromatic carbocycles. The maximum atomic E-state index is 12.3. The molecule has 0 spiro atoms. The highest BCUT2D eigenvalue weighted by atomic mass is 32.1. The van der Waals surface area contributed by atoms with Crippen molar-refractivity contribution in [3.05, 3.63) is 21.9 Å². The molecule has 1 aromatic rings. The Morgan fingerprint density at radius 3 is 1.82 bits per heavy atom. The van der Waals surface area contributed by atoms with Crippen molar-refractivity contribution in [1.29, 1.82) is 0 Å². The average molecular weight is 278 g/mol. The Kier molecular flexibility index (Phi) is 3.78. The lowest BCUT2D eigenvalue weighted by Crippen LogP contribution is -2.40. The number of aliphatic hydroxyl groups excluding tert-OH is 1. The van der Waals surface area contributed by atoms with Crippen LogP contribution >= 0.6 is 11.3 Å². The number of hydrogen-bond donors (Lipinski definition) is 1. The van der Waals surface area contributed by atoms with Gasteiger partial charge in [-0.2, -0.15) is 26.3 Å². The zero-order valence-electron chi connectivity index (χ0n) is 8.43. The van der Waals surface area contributed by atoms with Crippen LogP contribution in [0.15, 0.2) is 12.1 Å². The monoisotopic (exact) mass is 278 g/mol. The van der Waals surface area contributed by atoms with Gasteiger partial charge in [0.1, 0.15) is 6.10 Å². The topological polar surface area (TPSA) is 20.2 Å². The van der Waals surface area contributed by atoms with E-state index in [1.165, 1.54) is 13.0 Å². The summed E-state index contributed by atoms with van der Waals surface area (Å²) in [7, 11) is 0. The molecule has 0 saturated carbocycles. The van der Waals surface area contributed by atoms with Crippen molar-refractivity contribution in [2.45, 2.75) is 25.4 Å². The molecule has 1 heterocycles. The van der Waals surface area contributed by atoms with Crippen molar-refractivity contribution in [1.82, 2.24) is 0 Å². The first-order valence-corrected chi connectivity index (χ1v) is 5.23. The molecule has 1 unspecified atom stereocenters. The van der Waals surface area contributed by atoms with Crippen LogP contribution in [0.1, 0.15) is 15.9 Å². The minimum atomic E-state index is -5.53. The van der Waals surface area contributed by atoms with Crippen molar-refractivity contribution < 1.29 is 31.4 Å². The summed E-state index contributed by atoms with van der Waals surface area (Å²) < 4.78 is 73.7. The van der Waals surface area contributed by atoms with Crippen LogP contribution < -0.4 is 0 Å². The molecule has 1 N–H and O–H groups in total. The van der Waals surface area contributed by atoms with Gasteiger partial charge < -0.3 is 5.11 Å². The van der Waals surface area contributed by atoms with Crippen LogP contribution in [0, 0.1) is 12.8 Å². The fourth-order valence-electron chi connectivity index (χ4n) is 1.32. The van der Waals surface area contributed by atoms with Gasteiger partial charge in [0.15, 0.2) is 5.92 Å². The molecular formula is C9H8F6OS. The number of aryl methyl sites for hydroxylation is 1. The van der Waals surface area contributed by atoms with E-state index in [0.29, 0.717) is 16.2 Å². The van der Waals surface area contributed by atoms with Crippen LogP contribution in [0.5, 0.6) is 0 Å². The Balaban J connectivity index is 3.08. The molecule has 0 bridgehead atoms. The number of halogens is 6. The van der Waals surface area contributed by atoms with Crippen molar-refractivity contribution in [3.63, 3.8) is 0 Å². The van der Waals surface area contributed by atoms with Gasteiger partial charge in [0.2, 0.25) is 0 Å². The largest absolute Gasteiger partial charge is 0.403 e. The molecule has 8 heteroatoms. The van der Waals surface area contributed by atoms with E-state index in [0.717, 1.165) is 6.07 Å². The van der Waals surface area contributed by atoms with Crippen LogP contribution in [0.2, 0.25) is 0 Å². The minimum Gasteiger partial charge on any atom is -0.387 e. The predicted octanol–water partition coefficient (Wildman–Crippen LogP) is 3.83. The lowest BCUT2D eigenvalue weighted by molar-refractivity contribution is -0.307. The van der Waals surface area contributed by atoms with Gasteiger partial charge in [-0.25, -0.2) is 0 Å². The van der Waals surface area contributed by atoms with Gasteiger partial charge in [-0.15, -0.1) is 11.3 Å². The molecule has 98 valence electrons. The Morgan fingerprint density at radius 1 is 1.06 bits per heavy atom. The molecule has 17 heavy (non-hydrogen) atoms. The molecule has 1 atom stereocenters. The number of alkyl halides is 6. The van der Waals surface area contributed by atoms with E-state index < -0.39 is 24.4 Å². The molecule has 1 rings (SSSR count). The van der Waals surface area contributed by atoms with Crippen LogP contribution in [-0.4, -0.2) is 17.5 Å². The summed E-state index contributed by atoms with van der Waals surface area (Å²) in [6.45, 7) is 1.52. The Hall–Kier alpha value is -0.760. The summed E-state index contributed by atoms with van der Waals surface area (Å²) in [5.41, 5.74) is 0. The number of rotatable bonds is 2. The van der Waals surface area contributed by atoms with Crippen molar-refractivity contribution in [2.75, 3.05) is 0 Å². The highest BCUT2D eigenvalue weighted by Crippen LogP contribution is 2.47. The first-order valence-electron chi connectivity index (χ1n) is 4.41. The van der Waals surface area contributed by atoms with Gasteiger partial charge in [-0.1, -0.05) is 0 Å². The molecule has 0 amide bonds. The third-order valence-corrected chi connectivity index (χ3v) is 3.15. The Labute approximate surface area is 96.7 Å². The zero-order valence-corrected chi connectivity index (χ0v) is 9.25. The van der Waals surface area contributed by atoms with Gasteiger partial charge in [0.25, 0.3) is 0 Å². The van der Waals surface area contributed by atoms with Crippen molar-refractivity contribution in [3.8, 4) is 0 Å². The summed E-state index contributed by atoms with van der Waals surface area (Å²) in [4.78, 5) is 0.185. The van der Waals surface area contributed by atoms with Gasteiger partial charge in [-0.3, -0.25) is 0 Å². The maximum Gasteiger partial charge on any atom is 0.403 e. The van der Waals surface area contributed by atoms with Crippen LogP contribution in [-0.2, 0) is 0 Å².